The molecule has 0 aliphatic heterocycles. The van der Waals surface area contributed by atoms with Gasteiger partial charge in [-0.2, -0.15) is 5.10 Å². The van der Waals surface area contributed by atoms with E-state index in [0.29, 0.717) is 11.4 Å². The number of anilines is 1. The maximum atomic E-state index is 12.2. The van der Waals surface area contributed by atoms with Crippen molar-refractivity contribution in [1.82, 2.24) is 14.6 Å². The van der Waals surface area contributed by atoms with E-state index in [1.54, 1.807) is 35.2 Å². The van der Waals surface area contributed by atoms with Gasteiger partial charge in [0.05, 0.1) is 17.3 Å². The third-order valence-electron chi connectivity index (χ3n) is 2.63. The zero-order valence-corrected chi connectivity index (χ0v) is 11.3. The van der Waals surface area contributed by atoms with Crippen LogP contribution in [0.2, 0.25) is 0 Å². The number of nitrogens with zero attached hydrogens (tertiary/aromatic N) is 3. The molecular formula is C13H9BrN4O. The van der Waals surface area contributed by atoms with Crippen LogP contribution >= 0.6 is 15.9 Å². The third kappa shape index (κ3) is 2.34. The molecular weight excluding hydrogens is 308 g/mol. The Balaban J connectivity index is 1.92. The predicted molar refractivity (Wildman–Crippen MR) is 75.1 cm³/mol. The molecule has 0 atom stereocenters. The van der Waals surface area contributed by atoms with Crippen LogP contribution in [0.4, 0.5) is 5.82 Å². The van der Waals surface area contributed by atoms with Gasteiger partial charge in [-0.1, -0.05) is 22.0 Å². The van der Waals surface area contributed by atoms with Crippen molar-refractivity contribution in [2.24, 2.45) is 0 Å². The number of amides is 1. The van der Waals surface area contributed by atoms with Crippen LogP contribution in [0.1, 0.15) is 10.4 Å². The summed E-state index contributed by atoms with van der Waals surface area (Å²) < 4.78 is 2.51. The average molecular weight is 317 g/mol. The topological polar surface area (TPSA) is 59.3 Å². The lowest BCUT2D eigenvalue weighted by Gasteiger charge is -2.03. The normalized spacial score (nSPS) is 10.6. The van der Waals surface area contributed by atoms with Gasteiger partial charge in [0.1, 0.15) is 5.82 Å². The van der Waals surface area contributed by atoms with E-state index < -0.39 is 0 Å². The Labute approximate surface area is 117 Å². The first-order valence-corrected chi connectivity index (χ1v) is 6.38. The van der Waals surface area contributed by atoms with E-state index in [9.17, 15) is 4.79 Å². The Morgan fingerprint density at radius 2 is 2.21 bits per heavy atom. The summed E-state index contributed by atoms with van der Waals surface area (Å²) in [5.41, 5.74) is 1.28. The number of hydrogen-bond acceptors (Lipinski definition) is 3. The molecule has 94 valence electrons. The fourth-order valence-corrected chi connectivity index (χ4v) is 2.10. The van der Waals surface area contributed by atoms with E-state index in [2.05, 4.69) is 31.3 Å². The molecule has 0 unspecified atom stereocenters. The molecule has 3 rings (SSSR count). The first kappa shape index (κ1) is 11.9. The first-order chi connectivity index (χ1) is 9.24. The van der Waals surface area contributed by atoms with Crippen molar-refractivity contribution in [3.63, 3.8) is 0 Å². The molecule has 0 spiro atoms. The van der Waals surface area contributed by atoms with Crippen molar-refractivity contribution < 1.29 is 4.79 Å². The van der Waals surface area contributed by atoms with E-state index in [-0.39, 0.29) is 5.91 Å². The quantitative estimate of drug-likeness (QED) is 0.790. The molecule has 0 saturated heterocycles. The highest BCUT2D eigenvalue weighted by atomic mass is 79.9. The van der Waals surface area contributed by atoms with Crippen molar-refractivity contribution >= 4 is 33.2 Å². The van der Waals surface area contributed by atoms with Gasteiger partial charge in [-0.15, -0.1) is 0 Å². The van der Waals surface area contributed by atoms with Gasteiger partial charge in [0, 0.05) is 16.9 Å². The van der Waals surface area contributed by atoms with Gasteiger partial charge in [0.15, 0.2) is 0 Å². The van der Waals surface area contributed by atoms with Crippen LogP contribution in [0.15, 0.2) is 53.4 Å². The van der Waals surface area contributed by atoms with Gasteiger partial charge in [-0.3, -0.25) is 4.79 Å². The number of hydrogen-bond donors (Lipinski definition) is 1. The molecule has 19 heavy (non-hydrogen) atoms. The Hall–Kier alpha value is -2.21. The lowest BCUT2D eigenvalue weighted by atomic mass is 10.2. The summed E-state index contributed by atoms with van der Waals surface area (Å²) in [6.07, 6.45) is 4.96. The SMILES string of the molecule is O=C(Nc1cc(Br)ccn1)c1cnn2ccccc12. The molecule has 1 N–H and O–H groups in total. The Morgan fingerprint density at radius 1 is 1.32 bits per heavy atom. The van der Waals surface area contributed by atoms with Crippen LogP contribution in [0.3, 0.4) is 0 Å². The number of nitrogens with one attached hydrogen (secondary N) is 1. The first-order valence-electron chi connectivity index (χ1n) is 5.59. The van der Waals surface area contributed by atoms with Crippen LogP contribution in [0, 0.1) is 0 Å². The molecule has 5 nitrogen and oxygen atoms in total. The van der Waals surface area contributed by atoms with E-state index in [0.717, 1.165) is 9.99 Å². The highest BCUT2D eigenvalue weighted by Crippen LogP contribution is 2.15. The fraction of sp³-hybridized carbons (Fsp3) is 0. The number of fused-ring (bicyclic) bond motifs is 1. The van der Waals surface area contributed by atoms with E-state index >= 15 is 0 Å². The van der Waals surface area contributed by atoms with Gasteiger partial charge in [0.2, 0.25) is 0 Å². The van der Waals surface area contributed by atoms with Crippen LogP contribution < -0.4 is 5.32 Å². The molecule has 3 aromatic rings. The molecule has 6 heteroatoms. The standard InChI is InChI=1S/C13H9BrN4O/c14-9-4-5-15-12(7-9)17-13(19)10-8-16-18-6-2-1-3-11(10)18/h1-8H,(H,15,17,19). The lowest BCUT2D eigenvalue weighted by molar-refractivity contribution is 0.102. The Morgan fingerprint density at radius 3 is 3.05 bits per heavy atom. The zero-order valence-electron chi connectivity index (χ0n) is 9.75. The molecule has 1 amide bonds. The molecule has 0 aliphatic carbocycles. The second-order valence-electron chi connectivity index (χ2n) is 3.90. The van der Waals surface area contributed by atoms with E-state index in [1.807, 2.05) is 18.2 Å². The summed E-state index contributed by atoms with van der Waals surface area (Å²) in [5.74, 6) is 0.265. The second-order valence-corrected chi connectivity index (χ2v) is 4.82. The van der Waals surface area contributed by atoms with Crippen LogP contribution in [-0.2, 0) is 0 Å². The molecule has 0 aliphatic rings. The summed E-state index contributed by atoms with van der Waals surface area (Å²) >= 11 is 3.33. The maximum Gasteiger partial charge on any atom is 0.260 e. The summed E-state index contributed by atoms with van der Waals surface area (Å²) in [4.78, 5) is 16.3. The van der Waals surface area contributed by atoms with Gasteiger partial charge >= 0.3 is 0 Å². The smallest absolute Gasteiger partial charge is 0.260 e. The highest BCUT2D eigenvalue weighted by Gasteiger charge is 2.12. The summed E-state index contributed by atoms with van der Waals surface area (Å²) in [5, 5.41) is 6.87. The largest absolute Gasteiger partial charge is 0.306 e. The van der Waals surface area contributed by atoms with Crippen LogP contribution in [0.5, 0.6) is 0 Å². The zero-order chi connectivity index (χ0) is 13.2. The van der Waals surface area contributed by atoms with Gasteiger partial charge in [0.25, 0.3) is 5.91 Å². The third-order valence-corrected chi connectivity index (χ3v) is 3.13. The van der Waals surface area contributed by atoms with E-state index in [4.69, 9.17) is 0 Å². The Bertz CT molecular complexity index is 753. The van der Waals surface area contributed by atoms with E-state index in [1.165, 1.54) is 0 Å². The molecule has 0 aromatic carbocycles. The lowest BCUT2D eigenvalue weighted by Crippen LogP contribution is -2.12. The molecule has 3 heterocycles. The minimum absolute atomic E-state index is 0.230. The minimum atomic E-state index is -0.230. The van der Waals surface area contributed by atoms with Crippen molar-refractivity contribution in [3.8, 4) is 0 Å². The number of pyridine rings is 2. The molecule has 0 saturated carbocycles. The summed E-state index contributed by atoms with van der Waals surface area (Å²) in [6, 6.07) is 9.10. The predicted octanol–water partition coefficient (Wildman–Crippen LogP) is 2.74. The number of rotatable bonds is 2. The van der Waals surface area contributed by atoms with Gasteiger partial charge < -0.3 is 5.32 Å². The maximum absolute atomic E-state index is 12.2. The highest BCUT2D eigenvalue weighted by molar-refractivity contribution is 9.10. The van der Waals surface area contributed by atoms with Crippen molar-refractivity contribution in [1.29, 1.82) is 0 Å². The van der Waals surface area contributed by atoms with Crippen LogP contribution in [-0.4, -0.2) is 20.5 Å². The van der Waals surface area contributed by atoms with Crippen molar-refractivity contribution in [3.05, 3.63) is 59.0 Å². The fourth-order valence-electron chi connectivity index (χ4n) is 1.77. The van der Waals surface area contributed by atoms with Crippen LogP contribution in [0.25, 0.3) is 5.52 Å². The Kier molecular flexibility index (Phi) is 3.00. The van der Waals surface area contributed by atoms with Gasteiger partial charge in [-0.25, -0.2) is 9.50 Å². The number of carbonyl (C=O) groups is 1. The molecule has 3 aromatic heterocycles. The monoisotopic (exact) mass is 316 g/mol. The number of aromatic nitrogens is 3. The van der Waals surface area contributed by atoms with Crippen molar-refractivity contribution in [2.75, 3.05) is 5.32 Å². The number of carbonyl (C=O) groups excluding carboxylic acids is 1. The van der Waals surface area contributed by atoms with Gasteiger partial charge in [-0.05, 0) is 24.3 Å². The molecule has 0 bridgehead atoms. The summed E-state index contributed by atoms with van der Waals surface area (Å²) in [6.45, 7) is 0. The average Bonchev–Trinajstić information content (AvgIpc) is 2.82. The second kappa shape index (κ2) is 4.81. The summed E-state index contributed by atoms with van der Waals surface area (Å²) in [7, 11) is 0. The van der Waals surface area contributed by atoms with Crippen molar-refractivity contribution in [2.45, 2.75) is 0 Å². The number of halogens is 1. The molecule has 0 fully saturated rings. The molecule has 0 radical (unpaired) electrons. The minimum Gasteiger partial charge on any atom is -0.306 e.